The number of nitrogens with zero attached hydrogens (tertiary/aromatic N) is 1. The lowest BCUT2D eigenvalue weighted by atomic mass is 10.2. The molecule has 0 aliphatic rings. The van der Waals surface area contributed by atoms with E-state index < -0.39 is 6.10 Å². The van der Waals surface area contributed by atoms with Gasteiger partial charge in [0.1, 0.15) is 0 Å². The third-order valence-electron chi connectivity index (χ3n) is 2.81. The minimum Gasteiger partial charge on any atom is -0.403 e. The molecule has 2 aromatic rings. The van der Waals surface area contributed by atoms with E-state index in [2.05, 4.69) is 0 Å². The molecule has 0 saturated carbocycles. The van der Waals surface area contributed by atoms with Crippen molar-refractivity contribution in [1.29, 1.82) is 0 Å². The van der Waals surface area contributed by atoms with E-state index in [0.29, 0.717) is 6.61 Å². The van der Waals surface area contributed by atoms with Crippen LogP contribution in [0.5, 0.6) is 0 Å². The predicted molar refractivity (Wildman–Crippen MR) is 73.4 cm³/mol. The molecular formula is C16H18NO3+. The molecule has 0 saturated heterocycles. The summed E-state index contributed by atoms with van der Waals surface area (Å²) in [5.74, 6) is -0.364. The fraction of sp³-hybridized carbons (Fsp3) is 0.250. The topological polar surface area (TPSA) is 39.4 Å². The Labute approximate surface area is 118 Å². The maximum Gasteiger partial charge on any atom is 0.339 e. The molecule has 2 rings (SSSR count). The third-order valence-corrected chi connectivity index (χ3v) is 2.81. The van der Waals surface area contributed by atoms with Crippen LogP contribution in [-0.4, -0.2) is 12.1 Å². The number of aromatic nitrogens is 1. The van der Waals surface area contributed by atoms with Crippen LogP contribution in [0.25, 0.3) is 0 Å². The first kappa shape index (κ1) is 14.2. The first-order valence-corrected chi connectivity index (χ1v) is 6.52. The summed E-state index contributed by atoms with van der Waals surface area (Å²) in [5, 5.41) is 0. The van der Waals surface area contributed by atoms with Gasteiger partial charge in [0.05, 0.1) is 6.61 Å². The van der Waals surface area contributed by atoms with E-state index >= 15 is 0 Å². The summed E-state index contributed by atoms with van der Waals surface area (Å²) in [6.45, 7) is 2.29. The van der Waals surface area contributed by atoms with Crippen LogP contribution in [0.4, 0.5) is 0 Å². The molecule has 0 aliphatic carbocycles. The fourth-order valence-electron chi connectivity index (χ4n) is 1.64. The highest BCUT2D eigenvalue weighted by atomic mass is 16.6. The molecule has 104 valence electrons. The summed E-state index contributed by atoms with van der Waals surface area (Å²) in [4.78, 5) is 11.8. The molecule has 1 aromatic carbocycles. The summed E-state index contributed by atoms with van der Waals surface area (Å²) in [7, 11) is 0. The fourth-order valence-corrected chi connectivity index (χ4v) is 1.64. The molecule has 0 spiro atoms. The molecule has 0 aliphatic heterocycles. The molecule has 4 nitrogen and oxygen atoms in total. The summed E-state index contributed by atoms with van der Waals surface area (Å²) < 4.78 is 12.5. The van der Waals surface area contributed by atoms with Crippen molar-refractivity contribution in [2.45, 2.75) is 26.4 Å². The Bertz CT molecular complexity index is 528. The standard InChI is InChI=1S/C16H18NO3/c1-14(19-12-15-8-4-2-5-9-15)16(18)20-13-17-10-6-3-7-11-17/h2-11,14H,12-13H2,1H3/q+1/t14-/m1/s1. The van der Waals surface area contributed by atoms with Gasteiger partial charge in [-0.1, -0.05) is 36.4 Å². The first-order valence-electron chi connectivity index (χ1n) is 6.52. The summed E-state index contributed by atoms with van der Waals surface area (Å²) in [6.07, 6.45) is 3.09. The van der Waals surface area contributed by atoms with Crippen molar-refractivity contribution in [3.63, 3.8) is 0 Å². The number of rotatable bonds is 6. The second-order valence-corrected chi connectivity index (χ2v) is 4.42. The van der Waals surface area contributed by atoms with Crippen molar-refractivity contribution in [3.05, 3.63) is 66.5 Å². The maximum atomic E-state index is 11.8. The SMILES string of the molecule is C[C@@H](OCc1ccccc1)C(=O)OC[n+]1ccccc1. The van der Waals surface area contributed by atoms with Gasteiger partial charge in [0.15, 0.2) is 18.5 Å². The molecular weight excluding hydrogens is 254 g/mol. The second kappa shape index (κ2) is 7.40. The number of carbonyl (C=O) groups is 1. The van der Waals surface area contributed by atoms with Crippen LogP contribution in [-0.2, 0) is 27.6 Å². The molecule has 1 aromatic heterocycles. The van der Waals surface area contributed by atoms with E-state index in [4.69, 9.17) is 9.47 Å². The van der Waals surface area contributed by atoms with Gasteiger partial charge < -0.3 is 9.47 Å². The highest BCUT2D eigenvalue weighted by Gasteiger charge is 2.16. The van der Waals surface area contributed by atoms with Gasteiger partial charge in [0.2, 0.25) is 0 Å². The Balaban J connectivity index is 1.75. The summed E-state index contributed by atoms with van der Waals surface area (Å²) >= 11 is 0. The normalized spacial score (nSPS) is 11.8. The van der Waals surface area contributed by atoms with Crippen molar-refractivity contribution in [2.24, 2.45) is 0 Å². The Hall–Kier alpha value is -2.20. The number of benzene rings is 1. The molecule has 0 fully saturated rings. The van der Waals surface area contributed by atoms with E-state index in [1.54, 1.807) is 11.5 Å². The Morgan fingerprint density at radius 1 is 1.10 bits per heavy atom. The van der Waals surface area contributed by atoms with Gasteiger partial charge in [-0.15, -0.1) is 0 Å². The van der Waals surface area contributed by atoms with Crippen LogP contribution in [0.15, 0.2) is 60.9 Å². The van der Waals surface area contributed by atoms with Gasteiger partial charge in [-0.3, -0.25) is 0 Å². The van der Waals surface area contributed by atoms with E-state index in [1.807, 2.05) is 60.9 Å². The summed E-state index contributed by atoms with van der Waals surface area (Å²) in [5.41, 5.74) is 1.03. The van der Waals surface area contributed by atoms with Crippen LogP contribution in [0.3, 0.4) is 0 Å². The third kappa shape index (κ3) is 4.48. The quantitative estimate of drug-likeness (QED) is 0.597. The van der Waals surface area contributed by atoms with Crippen molar-refractivity contribution in [3.8, 4) is 0 Å². The smallest absolute Gasteiger partial charge is 0.339 e. The molecule has 0 N–H and O–H groups in total. The van der Waals surface area contributed by atoms with Crippen LogP contribution in [0.1, 0.15) is 12.5 Å². The number of carbonyl (C=O) groups excluding carboxylic acids is 1. The van der Waals surface area contributed by atoms with Gasteiger partial charge in [-0.2, -0.15) is 4.57 Å². The number of pyridine rings is 1. The zero-order valence-corrected chi connectivity index (χ0v) is 11.4. The molecule has 4 heteroatoms. The van der Waals surface area contributed by atoms with Crippen molar-refractivity contribution in [1.82, 2.24) is 0 Å². The average Bonchev–Trinajstić information content (AvgIpc) is 2.52. The van der Waals surface area contributed by atoms with Gasteiger partial charge >= 0.3 is 5.97 Å². The molecule has 0 unspecified atom stereocenters. The highest BCUT2D eigenvalue weighted by molar-refractivity contribution is 5.73. The molecule has 1 heterocycles. The van der Waals surface area contributed by atoms with E-state index in [9.17, 15) is 4.79 Å². The van der Waals surface area contributed by atoms with Crippen molar-refractivity contribution >= 4 is 5.97 Å². The second-order valence-electron chi connectivity index (χ2n) is 4.42. The minimum atomic E-state index is -0.584. The van der Waals surface area contributed by atoms with Crippen molar-refractivity contribution < 1.29 is 18.8 Å². The zero-order chi connectivity index (χ0) is 14.2. The predicted octanol–water partition coefficient (Wildman–Crippen LogP) is 2.08. The van der Waals surface area contributed by atoms with E-state index in [-0.39, 0.29) is 12.7 Å². The zero-order valence-electron chi connectivity index (χ0n) is 11.4. The Kier molecular flexibility index (Phi) is 5.26. The molecule has 1 atom stereocenters. The number of hydrogen-bond acceptors (Lipinski definition) is 3. The monoisotopic (exact) mass is 272 g/mol. The van der Waals surface area contributed by atoms with Gasteiger partial charge in [-0.05, 0) is 12.5 Å². The molecule has 0 radical (unpaired) electrons. The lowest BCUT2D eigenvalue weighted by molar-refractivity contribution is -0.727. The number of esters is 1. The van der Waals surface area contributed by atoms with Crippen molar-refractivity contribution in [2.75, 3.05) is 0 Å². The number of hydrogen-bond donors (Lipinski definition) is 0. The lowest BCUT2D eigenvalue weighted by Crippen LogP contribution is -2.37. The van der Waals surface area contributed by atoms with Crippen LogP contribution in [0.2, 0.25) is 0 Å². The van der Waals surface area contributed by atoms with E-state index in [0.717, 1.165) is 5.56 Å². The van der Waals surface area contributed by atoms with Gasteiger partial charge in [0.25, 0.3) is 6.73 Å². The Morgan fingerprint density at radius 3 is 2.45 bits per heavy atom. The van der Waals surface area contributed by atoms with Gasteiger partial charge in [-0.25, -0.2) is 4.79 Å². The number of ether oxygens (including phenoxy) is 2. The van der Waals surface area contributed by atoms with Crippen LogP contribution >= 0.6 is 0 Å². The largest absolute Gasteiger partial charge is 0.403 e. The molecule has 20 heavy (non-hydrogen) atoms. The van der Waals surface area contributed by atoms with Crippen LogP contribution in [0, 0.1) is 0 Å². The average molecular weight is 272 g/mol. The molecule has 0 bridgehead atoms. The maximum absolute atomic E-state index is 11.8. The first-order chi connectivity index (χ1) is 9.75. The highest BCUT2D eigenvalue weighted by Crippen LogP contribution is 2.04. The van der Waals surface area contributed by atoms with E-state index in [1.165, 1.54) is 0 Å². The van der Waals surface area contributed by atoms with Gasteiger partial charge in [0, 0.05) is 12.1 Å². The molecule has 0 amide bonds. The summed E-state index contributed by atoms with van der Waals surface area (Å²) in [6, 6.07) is 15.4. The Morgan fingerprint density at radius 2 is 1.75 bits per heavy atom. The minimum absolute atomic E-state index is 0.193. The lowest BCUT2D eigenvalue weighted by Gasteiger charge is -2.11. The van der Waals surface area contributed by atoms with Crippen LogP contribution < -0.4 is 4.57 Å².